The number of aliphatic imine (C=N–C) groups is 1. The molecule has 3 aliphatic rings. The number of amides is 1. The third-order valence-electron chi connectivity index (χ3n) is 7.87. The Morgan fingerprint density at radius 2 is 2.00 bits per heavy atom. The van der Waals surface area contributed by atoms with Gasteiger partial charge in [-0.05, 0) is 75.0 Å². The van der Waals surface area contributed by atoms with Crippen LogP contribution >= 0.6 is 0 Å². The lowest BCUT2D eigenvalue weighted by molar-refractivity contribution is -0.156. The van der Waals surface area contributed by atoms with E-state index in [1.807, 2.05) is 13.0 Å². The molecule has 2 heterocycles. The van der Waals surface area contributed by atoms with Crippen LogP contribution in [0.5, 0.6) is 0 Å². The quantitative estimate of drug-likeness (QED) is 0.535. The molecule has 2 aliphatic carbocycles. The zero-order chi connectivity index (χ0) is 24.7. The zero-order valence-corrected chi connectivity index (χ0v) is 20.7. The average molecular weight is 485 g/mol. The third-order valence-corrected chi connectivity index (χ3v) is 7.87. The molecule has 0 radical (unpaired) electrons. The Hall–Kier alpha value is -2.61. The number of hydrogen-bond donors (Lipinski definition) is 1. The van der Waals surface area contributed by atoms with Crippen LogP contribution in [0, 0.1) is 24.7 Å². The Morgan fingerprint density at radius 3 is 2.74 bits per heavy atom. The van der Waals surface area contributed by atoms with Crippen LogP contribution in [-0.2, 0) is 22.4 Å². The van der Waals surface area contributed by atoms with Crippen LogP contribution in [0.4, 0.5) is 20.2 Å². The van der Waals surface area contributed by atoms with Crippen molar-refractivity contribution in [1.82, 2.24) is 10.2 Å². The summed E-state index contributed by atoms with van der Waals surface area (Å²) in [5.41, 5.74) is 6.37. The predicted octanol–water partition coefficient (Wildman–Crippen LogP) is 5.40. The Bertz CT molecular complexity index is 1140. The summed E-state index contributed by atoms with van der Waals surface area (Å²) in [6, 6.07) is 5.28. The maximum absolute atomic E-state index is 15.0. The molecule has 1 saturated carbocycles. The molecule has 1 N–H and O–H groups in total. The largest absolute Gasteiger partial charge is 0.381 e. The van der Waals surface area contributed by atoms with E-state index < -0.39 is 17.7 Å². The molecule has 0 spiro atoms. The van der Waals surface area contributed by atoms with Crippen LogP contribution in [-0.4, -0.2) is 48.0 Å². The number of alkyl halides is 2. The first-order valence-corrected chi connectivity index (χ1v) is 12.8. The van der Waals surface area contributed by atoms with Crippen molar-refractivity contribution in [3.63, 3.8) is 0 Å². The fourth-order valence-corrected chi connectivity index (χ4v) is 5.48. The number of halogens is 2. The second-order valence-electron chi connectivity index (χ2n) is 10.3. The number of carbonyl (C=O) groups excluding carboxylic acids is 1. The number of aromatic nitrogens is 2. The van der Waals surface area contributed by atoms with Crippen LogP contribution in [0.2, 0.25) is 0 Å². The lowest BCUT2D eigenvalue weighted by atomic mass is 9.92. The predicted molar refractivity (Wildman–Crippen MR) is 132 cm³/mol. The second-order valence-corrected chi connectivity index (χ2v) is 10.3. The Labute approximate surface area is 205 Å². The Kier molecular flexibility index (Phi) is 6.51. The van der Waals surface area contributed by atoms with Gasteiger partial charge in [-0.15, -0.1) is 0 Å². The number of benzene rings is 1. The lowest BCUT2D eigenvalue weighted by Gasteiger charge is -2.32. The van der Waals surface area contributed by atoms with E-state index in [0.29, 0.717) is 11.4 Å². The molecule has 5 rings (SSSR count). The highest BCUT2D eigenvalue weighted by Gasteiger charge is 2.49. The molecule has 2 fully saturated rings. The monoisotopic (exact) mass is 484 g/mol. The molecule has 6 nitrogen and oxygen atoms in total. The first-order valence-electron chi connectivity index (χ1n) is 12.8. The number of hydrogen-bond acceptors (Lipinski definition) is 4. The van der Waals surface area contributed by atoms with E-state index in [4.69, 9.17) is 9.73 Å². The average Bonchev–Trinajstić information content (AvgIpc) is 3.51. The molecule has 1 aromatic carbocycles. The van der Waals surface area contributed by atoms with E-state index in [0.717, 1.165) is 59.4 Å². The molecule has 188 valence electrons. The summed E-state index contributed by atoms with van der Waals surface area (Å²) in [6.45, 7) is 4.58. The number of carbonyl (C=O) groups is 1. The molecule has 2 unspecified atom stereocenters. The first-order chi connectivity index (χ1) is 16.8. The summed E-state index contributed by atoms with van der Waals surface area (Å²) >= 11 is 0. The highest BCUT2D eigenvalue weighted by atomic mass is 19.3. The molecule has 1 saturated heterocycles. The fourth-order valence-electron chi connectivity index (χ4n) is 5.48. The van der Waals surface area contributed by atoms with Gasteiger partial charge >= 0.3 is 5.92 Å². The number of anilines is 1. The van der Waals surface area contributed by atoms with Crippen LogP contribution in [0.3, 0.4) is 0 Å². The molecule has 8 heteroatoms. The lowest BCUT2D eigenvalue weighted by Crippen LogP contribution is -2.48. The van der Waals surface area contributed by atoms with Crippen LogP contribution < -0.4 is 4.90 Å². The van der Waals surface area contributed by atoms with E-state index in [2.05, 4.69) is 17.1 Å². The van der Waals surface area contributed by atoms with Crippen LogP contribution in [0.1, 0.15) is 61.5 Å². The molecule has 1 amide bonds. The van der Waals surface area contributed by atoms with Crippen molar-refractivity contribution in [2.45, 2.75) is 64.7 Å². The maximum atomic E-state index is 15.0. The van der Waals surface area contributed by atoms with Gasteiger partial charge in [0.25, 0.3) is 5.91 Å². The molecular weight excluding hydrogens is 450 g/mol. The summed E-state index contributed by atoms with van der Waals surface area (Å²) in [5.74, 6) is -4.05. The SMILES string of the molecule is CCCC(=Nc1cc(N(C)C(=O)C(F)(F)C2CCOCC2)ccc1C)c1n[nH]c2c1CC1CC1C2. The van der Waals surface area contributed by atoms with E-state index in [-0.39, 0.29) is 26.1 Å². The van der Waals surface area contributed by atoms with Crippen molar-refractivity contribution in [2.24, 2.45) is 22.7 Å². The number of fused-ring (bicyclic) bond motifs is 2. The van der Waals surface area contributed by atoms with E-state index >= 15 is 8.78 Å². The van der Waals surface area contributed by atoms with E-state index in [1.54, 1.807) is 12.1 Å². The summed E-state index contributed by atoms with van der Waals surface area (Å²) < 4.78 is 35.2. The summed E-state index contributed by atoms with van der Waals surface area (Å²) in [6.07, 6.45) is 5.47. The smallest absolute Gasteiger partial charge is 0.328 e. The standard InChI is InChI=1S/C27H34F2N4O2/c1-4-5-22(25-21-13-17-12-18(17)14-24(21)31-32-25)30-23-15-20(7-6-16(23)2)33(3)26(34)27(28,29)19-8-10-35-11-9-19/h6-7,15,17-19H,4-5,8-14H2,1-3H3,(H,31,32). The number of nitrogens with zero attached hydrogens (tertiary/aromatic N) is 3. The first kappa shape index (κ1) is 24.1. The second kappa shape index (κ2) is 9.45. The molecular formula is C27H34F2N4O2. The van der Waals surface area contributed by atoms with Crippen molar-refractivity contribution in [1.29, 1.82) is 0 Å². The molecule has 2 atom stereocenters. The van der Waals surface area contributed by atoms with Gasteiger partial charge in [0, 0.05) is 43.1 Å². The Balaban J connectivity index is 1.43. The Morgan fingerprint density at radius 1 is 1.26 bits per heavy atom. The van der Waals surface area contributed by atoms with Gasteiger partial charge in [-0.2, -0.15) is 13.9 Å². The number of rotatable bonds is 7. The maximum Gasteiger partial charge on any atom is 0.328 e. The van der Waals surface area contributed by atoms with Gasteiger partial charge in [-0.3, -0.25) is 14.9 Å². The van der Waals surface area contributed by atoms with E-state index in [1.165, 1.54) is 24.7 Å². The number of ether oxygens (including phenoxy) is 1. The van der Waals surface area contributed by atoms with Crippen molar-refractivity contribution in [2.75, 3.05) is 25.2 Å². The zero-order valence-electron chi connectivity index (χ0n) is 20.7. The van der Waals surface area contributed by atoms with Gasteiger partial charge in [0.05, 0.1) is 11.4 Å². The summed E-state index contributed by atoms with van der Waals surface area (Å²) in [4.78, 5) is 18.9. The normalized spacial score (nSPS) is 22.5. The van der Waals surface area contributed by atoms with Crippen LogP contribution in [0.15, 0.2) is 23.2 Å². The molecule has 1 aliphatic heterocycles. The van der Waals surface area contributed by atoms with Crippen LogP contribution in [0.25, 0.3) is 0 Å². The van der Waals surface area contributed by atoms with Gasteiger partial charge in [-0.25, -0.2) is 0 Å². The molecule has 2 aromatic rings. The van der Waals surface area contributed by atoms with Crippen molar-refractivity contribution >= 4 is 23.0 Å². The number of nitrogens with one attached hydrogen (secondary N) is 1. The topological polar surface area (TPSA) is 70.6 Å². The number of H-pyrrole nitrogens is 1. The van der Waals surface area contributed by atoms with Gasteiger partial charge in [-0.1, -0.05) is 19.4 Å². The summed E-state index contributed by atoms with van der Waals surface area (Å²) in [7, 11) is 1.41. The molecule has 35 heavy (non-hydrogen) atoms. The minimum atomic E-state index is -3.44. The van der Waals surface area contributed by atoms with Gasteiger partial charge in [0.1, 0.15) is 5.69 Å². The van der Waals surface area contributed by atoms with Gasteiger partial charge < -0.3 is 9.64 Å². The van der Waals surface area contributed by atoms with Gasteiger partial charge in [0.2, 0.25) is 0 Å². The van der Waals surface area contributed by atoms with Crippen molar-refractivity contribution in [3.05, 3.63) is 40.7 Å². The molecule has 1 aromatic heterocycles. The highest BCUT2D eigenvalue weighted by Crippen LogP contribution is 2.48. The highest BCUT2D eigenvalue weighted by molar-refractivity contribution is 6.02. The van der Waals surface area contributed by atoms with Crippen molar-refractivity contribution < 1.29 is 18.3 Å². The minimum absolute atomic E-state index is 0.186. The number of aromatic amines is 1. The minimum Gasteiger partial charge on any atom is -0.381 e. The fraction of sp³-hybridized carbons (Fsp3) is 0.593. The summed E-state index contributed by atoms with van der Waals surface area (Å²) in [5, 5.41) is 7.88. The number of aryl methyl sites for hydroxylation is 1. The van der Waals surface area contributed by atoms with E-state index in [9.17, 15) is 4.79 Å². The van der Waals surface area contributed by atoms with Crippen molar-refractivity contribution in [3.8, 4) is 0 Å². The van der Waals surface area contributed by atoms with Gasteiger partial charge in [0.15, 0.2) is 0 Å². The third kappa shape index (κ3) is 4.65. The molecule has 0 bridgehead atoms.